The van der Waals surface area contributed by atoms with E-state index in [9.17, 15) is 14.9 Å². The van der Waals surface area contributed by atoms with Gasteiger partial charge in [0.05, 0.1) is 4.92 Å². The van der Waals surface area contributed by atoms with Crippen molar-refractivity contribution in [3.8, 4) is 0 Å². The van der Waals surface area contributed by atoms with Crippen LogP contribution in [0.15, 0.2) is 48.5 Å². The average Bonchev–Trinajstić information content (AvgIpc) is 2.52. The smallest absolute Gasteiger partial charge is 0.269 e. The van der Waals surface area contributed by atoms with Gasteiger partial charge in [-0.25, -0.2) is 0 Å². The molecule has 0 fully saturated rings. The third-order valence-electron chi connectivity index (χ3n) is 3.40. The number of ketones is 1. The zero-order valence-electron chi connectivity index (χ0n) is 11.9. The van der Waals surface area contributed by atoms with Crippen LogP contribution in [0.25, 0.3) is 0 Å². The zero-order valence-corrected chi connectivity index (χ0v) is 11.9. The van der Waals surface area contributed by atoms with Crippen molar-refractivity contribution in [2.75, 3.05) is 0 Å². The number of rotatable bonds is 6. The molecule has 0 aliphatic heterocycles. The number of nitro benzene ring substituents is 1. The summed E-state index contributed by atoms with van der Waals surface area (Å²) in [6.07, 6.45) is 2.97. The number of non-ortho nitro benzene ring substituents is 1. The molecule has 0 heterocycles. The van der Waals surface area contributed by atoms with E-state index < -0.39 is 4.92 Å². The lowest BCUT2D eigenvalue weighted by Crippen LogP contribution is -2.05. The number of benzene rings is 2. The normalized spacial score (nSPS) is 10.3. The third kappa shape index (κ3) is 3.54. The average molecular weight is 283 g/mol. The van der Waals surface area contributed by atoms with Crippen LogP contribution in [0.1, 0.15) is 41.3 Å². The van der Waals surface area contributed by atoms with Crippen LogP contribution in [0.2, 0.25) is 0 Å². The van der Waals surface area contributed by atoms with Gasteiger partial charge in [0.25, 0.3) is 5.69 Å². The topological polar surface area (TPSA) is 60.2 Å². The zero-order chi connectivity index (χ0) is 15.2. The molecule has 0 saturated carbocycles. The van der Waals surface area contributed by atoms with Crippen molar-refractivity contribution in [3.05, 3.63) is 75.3 Å². The Morgan fingerprint density at radius 2 is 1.76 bits per heavy atom. The number of nitro groups is 1. The van der Waals surface area contributed by atoms with E-state index in [1.807, 2.05) is 24.3 Å². The van der Waals surface area contributed by atoms with Crippen LogP contribution in [0, 0.1) is 10.1 Å². The molecule has 2 rings (SSSR count). The molecule has 0 bridgehead atoms. The van der Waals surface area contributed by atoms with Crippen molar-refractivity contribution in [2.45, 2.75) is 26.2 Å². The molecular formula is C17H17NO3. The summed E-state index contributed by atoms with van der Waals surface area (Å²) in [5, 5.41) is 10.6. The van der Waals surface area contributed by atoms with Gasteiger partial charge in [-0.1, -0.05) is 37.6 Å². The Morgan fingerprint density at radius 3 is 2.38 bits per heavy atom. The summed E-state index contributed by atoms with van der Waals surface area (Å²) in [6, 6.07) is 13.3. The molecule has 0 aliphatic rings. The fraction of sp³-hybridized carbons (Fsp3) is 0.235. The number of hydrogen-bond donors (Lipinski definition) is 0. The Kier molecular flexibility index (Phi) is 4.82. The Morgan fingerprint density at radius 1 is 1.10 bits per heavy atom. The molecule has 0 aliphatic carbocycles. The van der Waals surface area contributed by atoms with Gasteiger partial charge in [0.2, 0.25) is 0 Å². The van der Waals surface area contributed by atoms with E-state index in [0.717, 1.165) is 24.8 Å². The van der Waals surface area contributed by atoms with Gasteiger partial charge in [-0.15, -0.1) is 0 Å². The van der Waals surface area contributed by atoms with Gasteiger partial charge in [0.15, 0.2) is 5.78 Å². The van der Waals surface area contributed by atoms with Crippen LogP contribution in [0.3, 0.4) is 0 Å². The minimum absolute atomic E-state index is 0.00850. The predicted octanol–water partition coefficient (Wildman–Crippen LogP) is 4.17. The minimum atomic E-state index is -0.469. The lowest BCUT2D eigenvalue weighted by molar-refractivity contribution is -0.384. The maximum Gasteiger partial charge on any atom is 0.269 e. The molecule has 0 saturated heterocycles. The first-order chi connectivity index (χ1) is 10.1. The summed E-state index contributed by atoms with van der Waals surface area (Å²) in [4.78, 5) is 22.7. The van der Waals surface area contributed by atoms with Gasteiger partial charge in [-0.3, -0.25) is 14.9 Å². The van der Waals surface area contributed by atoms with Crippen LogP contribution in [-0.4, -0.2) is 10.7 Å². The number of hydrogen-bond acceptors (Lipinski definition) is 3. The molecular weight excluding hydrogens is 266 g/mol. The first-order valence-electron chi connectivity index (χ1n) is 7.00. The van der Waals surface area contributed by atoms with Gasteiger partial charge in [0, 0.05) is 23.3 Å². The maximum absolute atomic E-state index is 12.5. The molecule has 2 aromatic rings. The number of carbonyl (C=O) groups excluding carboxylic acids is 1. The van der Waals surface area contributed by atoms with E-state index in [-0.39, 0.29) is 11.5 Å². The van der Waals surface area contributed by atoms with Gasteiger partial charge < -0.3 is 0 Å². The van der Waals surface area contributed by atoms with Crippen molar-refractivity contribution in [1.82, 2.24) is 0 Å². The molecule has 0 atom stereocenters. The molecule has 4 heteroatoms. The third-order valence-corrected chi connectivity index (χ3v) is 3.40. The largest absolute Gasteiger partial charge is 0.289 e. The Labute approximate surface area is 123 Å². The molecule has 0 unspecified atom stereocenters. The predicted molar refractivity (Wildman–Crippen MR) is 81.6 cm³/mol. The summed E-state index contributed by atoms with van der Waals surface area (Å²) in [5.41, 5.74) is 2.18. The van der Waals surface area contributed by atoms with Crippen molar-refractivity contribution >= 4 is 11.5 Å². The Hall–Kier alpha value is -2.49. The summed E-state index contributed by atoms with van der Waals surface area (Å²) >= 11 is 0. The highest BCUT2D eigenvalue weighted by Gasteiger charge is 2.14. The number of carbonyl (C=O) groups is 1. The highest BCUT2D eigenvalue weighted by Crippen LogP contribution is 2.19. The molecule has 4 nitrogen and oxygen atoms in total. The van der Waals surface area contributed by atoms with E-state index in [1.165, 1.54) is 24.3 Å². The SMILES string of the molecule is CCCCc1ccccc1C(=O)c1ccc([N+](=O)[O-])cc1. The van der Waals surface area contributed by atoms with E-state index >= 15 is 0 Å². The second kappa shape index (κ2) is 6.79. The fourth-order valence-corrected chi connectivity index (χ4v) is 2.22. The van der Waals surface area contributed by atoms with Crippen LogP contribution >= 0.6 is 0 Å². The van der Waals surface area contributed by atoms with E-state index in [1.54, 1.807) is 0 Å². The summed E-state index contributed by atoms with van der Waals surface area (Å²) < 4.78 is 0. The van der Waals surface area contributed by atoms with Gasteiger partial charge in [0.1, 0.15) is 0 Å². The Balaban J connectivity index is 2.29. The van der Waals surface area contributed by atoms with Crippen LogP contribution < -0.4 is 0 Å². The lowest BCUT2D eigenvalue weighted by Gasteiger charge is -2.08. The highest BCUT2D eigenvalue weighted by molar-refractivity contribution is 6.10. The fourth-order valence-electron chi connectivity index (χ4n) is 2.22. The molecule has 108 valence electrons. The second-order valence-corrected chi connectivity index (χ2v) is 4.89. The summed E-state index contributed by atoms with van der Waals surface area (Å²) in [7, 11) is 0. The minimum Gasteiger partial charge on any atom is -0.289 e. The molecule has 0 amide bonds. The number of aryl methyl sites for hydroxylation is 1. The quantitative estimate of drug-likeness (QED) is 0.454. The molecule has 0 spiro atoms. The standard InChI is InChI=1S/C17H17NO3/c1-2-3-6-13-7-4-5-8-16(13)17(19)14-9-11-15(12-10-14)18(20)21/h4-5,7-12H,2-3,6H2,1H3. The second-order valence-electron chi connectivity index (χ2n) is 4.89. The van der Waals surface area contributed by atoms with Gasteiger partial charge in [-0.2, -0.15) is 0 Å². The first-order valence-corrected chi connectivity index (χ1v) is 7.00. The van der Waals surface area contributed by atoms with Crippen molar-refractivity contribution in [3.63, 3.8) is 0 Å². The van der Waals surface area contributed by atoms with Crippen molar-refractivity contribution in [1.29, 1.82) is 0 Å². The molecule has 0 radical (unpaired) electrons. The van der Waals surface area contributed by atoms with E-state index in [0.29, 0.717) is 11.1 Å². The number of nitrogens with zero attached hydrogens (tertiary/aromatic N) is 1. The molecule has 0 N–H and O–H groups in total. The maximum atomic E-state index is 12.5. The van der Waals surface area contributed by atoms with Gasteiger partial charge in [-0.05, 0) is 30.5 Å². The summed E-state index contributed by atoms with van der Waals surface area (Å²) in [5.74, 6) is -0.0865. The van der Waals surface area contributed by atoms with Crippen LogP contribution in [0.5, 0.6) is 0 Å². The highest BCUT2D eigenvalue weighted by atomic mass is 16.6. The Bertz CT molecular complexity index is 647. The van der Waals surface area contributed by atoms with E-state index in [4.69, 9.17) is 0 Å². The van der Waals surface area contributed by atoms with Crippen molar-refractivity contribution < 1.29 is 9.72 Å². The van der Waals surface area contributed by atoms with Crippen LogP contribution in [-0.2, 0) is 6.42 Å². The van der Waals surface area contributed by atoms with E-state index in [2.05, 4.69) is 6.92 Å². The lowest BCUT2D eigenvalue weighted by atomic mass is 9.95. The molecule has 21 heavy (non-hydrogen) atoms. The first kappa shape index (κ1) is 14.9. The van der Waals surface area contributed by atoms with Crippen LogP contribution in [0.4, 0.5) is 5.69 Å². The molecule has 2 aromatic carbocycles. The van der Waals surface area contributed by atoms with Gasteiger partial charge >= 0.3 is 0 Å². The monoisotopic (exact) mass is 283 g/mol. The number of unbranched alkanes of at least 4 members (excludes halogenated alkanes) is 1. The molecule has 0 aromatic heterocycles. The van der Waals surface area contributed by atoms with Crippen molar-refractivity contribution in [2.24, 2.45) is 0 Å². The summed E-state index contributed by atoms with van der Waals surface area (Å²) in [6.45, 7) is 2.11.